The lowest BCUT2D eigenvalue weighted by Crippen LogP contribution is -2.20. The zero-order valence-corrected chi connectivity index (χ0v) is 12.3. The third-order valence-corrected chi connectivity index (χ3v) is 2.82. The number of rotatable bonds is 5. The van der Waals surface area contributed by atoms with Crippen molar-refractivity contribution in [2.75, 3.05) is 7.11 Å². The van der Waals surface area contributed by atoms with Gasteiger partial charge in [-0.1, -0.05) is 6.07 Å². The van der Waals surface area contributed by atoms with Gasteiger partial charge in [-0.3, -0.25) is 4.68 Å². The molecule has 0 atom stereocenters. The lowest BCUT2D eigenvalue weighted by molar-refractivity contribution is -0.275. The topological polar surface area (TPSA) is 62.6 Å². The van der Waals surface area contributed by atoms with Crippen LogP contribution in [0.5, 0.6) is 11.6 Å². The lowest BCUT2D eigenvalue weighted by atomic mass is 10.1. The molecule has 0 radical (unpaired) electrons. The number of hydrogen-bond acceptors (Lipinski definition) is 5. The second kappa shape index (κ2) is 6.59. The van der Waals surface area contributed by atoms with Gasteiger partial charge in [0.1, 0.15) is 12.4 Å². The van der Waals surface area contributed by atoms with Gasteiger partial charge in [-0.15, -0.1) is 18.3 Å². The molecule has 0 amide bonds. The highest BCUT2D eigenvalue weighted by Gasteiger charge is 2.33. The van der Waals surface area contributed by atoms with Crippen LogP contribution in [0.15, 0.2) is 30.5 Å². The van der Waals surface area contributed by atoms with Crippen molar-refractivity contribution in [2.45, 2.75) is 13.0 Å². The van der Waals surface area contributed by atoms with Gasteiger partial charge in [0.2, 0.25) is 5.88 Å². The van der Waals surface area contributed by atoms with E-state index in [0.29, 0.717) is 0 Å². The van der Waals surface area contributed by atoms with E-state index in [0.717, 1.165) is 13.2 Å². The number of benzene rings is 1. The molecular formula is C14H13F3N2O4. The summed E-state index contributed by atoms with van der Waals surface area (Å²) in [6.07, 6.45) is -3.29. The predicted octanol–water partition coefficient (Wildman–Crippen LogP) is 2.68. The molecule has 2 rings (SSSR count). The third kappa shape index (κ3) is 4.38. The molecule has 0 fully saturated rings. The van der Waals surface area contributed by atoms with Crippen molar-refractivity contribution in [3.05, 3.63) is 41.6 Å². The number of methoxy groups -OCH3 is 1. The first-order valence-electron chi connectivity index (χ1n) is 6.38. The molecule has 0 unspecified atom stereocenters. The Kier molecular flexibility index (Phi) is 4.77. The standard InChI is InChI=1S/C14H13F3N2O4/c1-19-7-6-12(18-19)22-8-10-9(13(20)21-2)4-3-5-11(10)23-14(15,16)17/h3-7H,8H2,1-2H3. The molecule has 0 aliphatic heterocycles. The predicted molar refractivity (Wildman–Crippen MR) is 72.0 cm³/mol. The normalized spacial score (nSPS) is 11.2. The van der Waals surface area contributed by atoms with Gasteiger partial charge >= 0.3 is 12.3 Å². The monoisotopic (exact) mass is 330 g/mol. The molecule has 9 heteroatoms. The number of nitrogens with zero attached hydrogens (tertiary/aromatic N) is 2. The maximum atomic E-state index is 12.5. The van der Waals surface area contributed by atoms with Gasteiger partial charge in [0.25, 0.3) is 0 Å². The van der Waals surface area contributed by atoms with E-state index in [1.165, 1.54) is 22.9 Å². The highest BCUT2D eigenvalue weighted by atomic mass is 19.4. The quantitative estimate of drug-likeness (QED) is 0.789. The van der Waals surface area contributed by atoms with E-state index in [9.17, 15) is 18.0 Å². The molecular weight excluding hydrogens is 317 g/mol. The molecule has 0 N–H and O–H groups in total. The zero-order valence-electron chi connectivity index (χ0n) is 12.3. The summed E-state index contributed by atoms with van der Waals surface area (Å²) < 4.78 is 52.8. The highest BCUT2D eigenvalue weighted by molar-refractivity contribution is 5.91. The Morgan fingerprint density at radius 3 is 2.61 bits per heavy atom. The average Bonchev–Trinajstić information content (AvgIpc) is 2.89. The highest BCUT2D eigenvalue weighted by Crippen LogP contribution is 2.30. The number of hydrogen-bond donors (Lipinski definition) is 0. The van der Waals surface area contributed by atoms with Crippen LogP contribution < -0.4 is 9.47 Å². The van der Waals surface area contributed by atoms with E-state index < -0.39 is 18.1 Å². The molecule has 1 aromatic heterocycles. The molecule has 2 aromatic rings. The maximum absolute atomic E-state index is 12.5. The maximum Gasteiger partial charge on any atom is 0.573 e. The van der Waals surface area contributed by atoms with E-state index >= 15 is 0 Å². The number of alkyl halides is 3. The fourth-order valence-corrected chi connectivity index (χ4v) is 1.85. The van der Waals surface area contributed by atoms with Gasteiger partial charge in [0, 0.05) is 24.9 Å². The van der Waals surface area contributed by atoms with Crippen molar-refractivity contribution in [1.29, 1.82) is 0 Å². The number of ether oxygens (including phenoxy) is 3. The van der Waals surface area contributed by atoms with Crippen LogP contribution in [-0.2, 0) is 18.4 Å². The minimum atomic E-state index is -4.89. The fraction of sp³-hybridized carbons (Fsp3) is 0.286. The third-order valence-electron chi connectivity index (χ3n) is 2.82. The van der Waals surface area contributed by atoms with E-state index in [1.54, 1.807) is 13.2 Å². The molecule has 0 saturated carbocycles. The summed E-state index contributed by atoms with van der Waals surface area (Å²) in [5, 5.41) is 3.94. The Bertz CT molecular complexity index is 698. The Balaban J connectivity index is 2.33. The molecule has 0 spiro atoms. The number of aryl methyl sites for hydroxylation is 1. The summed E-state index contributed by atoms with van der Waals surface area (Å²) in [6, 6.07) is 5.21. The van der Waals surface area contributed by atoms with Crippen molar-refractivity contribution in [2.24, 2.45) is 7.05 Å². The van der Waals surface area contributed by atoms with Gasteiger partial charge in [0.05, 0.1) is 12.7 Å². The Labute approximate surface area is 129 Å². The molecule has 0 aliphatic carbocycles. The van der Waals surface area contributed by atoms with E-state index in [-0.39, 0.29) is 23.6 Å². The molecule has 1 heterocycles. The average molecular weight is 330 g/mol. The van der Waals surface area contributed by atoms with Crippen LogP contribution in [0.3, 0.4) is 0 Å². The van der Waals surface area contributed by atoms with Crippen molar-refractivity contribution < 1.29 is 32.2 Å². The van der Waals surface area contributed by atoms with Gasteiger partial charge in [-0.05, 0) is 12.1 Å². The minimum Gasteiger partial charge on any atom is -0.472 e. The summed E-state index contributed by atoms with van der Waals surface area (Å²) >= 11 is 0. The zero-order chi connectivity index (χ0) is 17.0. The molecule has 0 saturated heterocycles. The number of halogens is 3. The van der Waals surface area contributed by atoms with Crippen molar-refractivity contribution in [1.82, 2.24) is 9.78 Å². The van der Waals surface area contributed by atoms with Gasteiger partial charge < -0.3 is 14.2 Å². The summed E-state index contributed by atoms with van der Waals surface area (Å²) in [4.78, 5) is 11.7. The van der Waals surface area contributed by atoms with Gasteiger partial charge in [-0.2, -0.15) is 0 Å². The number of esters is 1. The minimum absolute atomic E-state index is 0.0785. The molecule has 0 bridgehead atoms. The summed E-state index contributed by atoms with van der Waals surface area (Å²) in [5.74, 6) is -1.13. The smallest absolute Gasteiger partial charge is 0.472 e. The Hall–Kier alpha value is -2.71. The first kappa shape index (κ1) is 16.7. The first-order chi connectivity index (χ1) is 10.8. The van der Waals surface area contributed by atoms with E-state index in [2.05, 4.69) is 14.6 Å². The fourth-order valence-electron chi connectivity index (χ4n) is 1.85. The second-order valence-corrected chi connectivity index (χ2v) is 4.44. The van der Waals surface area contributed by atoms with Crippen molar-refractivity contribution in [3.8, 4) is 11.6 Å². The number of aromatic nitrogens is 2. The van der Waals surface area contributed by atoms with Crippen LogP contribution in [0, 0.1) is 0 Å². The molecule has 1 aromatic carbocycles. The van der Waals surface area contributed by atoms with E-state index in [4.69, 9.17) is 4.74 Å². The van der Waals surface area contributed by atoms with Crippen molar-refractivity contribution in [3.63, 3.8) is 0 Å². The summed E-state index contributed by atoms with van der Waals surface area (Å²) in [7, 11) is 2.79. The summed E-state index contributed by atoms with van der Waals surface area (Å²) in [6.45, 7) is -0.340. The Morgan fingerprint density at radius 1 is 1.30 bits per heavy atom. The molecule has 6 nitrogen and oxygen atoms in total. The second-order valence-electron chi connectivity index (χ2n) is 4.44. The first-order valence-corrected chi connectivity index (χ1v) is 6.38. The van der Waals surface area contributed by atoms with E-state index in [1.807, 2.05) is 0 Å². The van der Waals surface area contributed by atoms with Crippen LogP contribution in [0.1, 0.15) is 15.9 Å². The molecule has 124 valence electrons. The van der Waals surface area contributed by atoms with Crippen LogP contribution in [0.2, 0.25) is 0 Å². The van der Waals surface area contributed by atoms with Gasteiger partial charge in [0.15, 0.2) is 0 Å². The number of carbonyl (C=O) groups is 1. The van der Waals surface area contributed by atoms with Crippen molar-refractivity contribution >= 4 is 5.97 Å². The van der Waals surface area contributed by atoms with Gasteiger partial charge in [-0.25, -0.2) is 4.79 Å². The number of carbonyl (C=O) groups excluding carboxylic acids is 1. The molecule has 23 heavy (non-hydrogen) atoms. The largest absolute Gasteiger partial charge is 0.573 e. The summed E-state index contributed by atoms with van der Waals surface area (Å²) in [5.41, 5.74) is -0.160. The van der Waals surface area contributed by atoms with Crippen LogP contribution >= 0.6 is 0 Å². The molecule has 0 aliphatic rings. The lowest BCUT2D eigenvalue weighted by Gasteiger charge is -2.15. The SMILES string of the molecule is COC(=O)c1cccc(OC(F)(F)F)c1COc1ccn(C)n1. The van der Waals surface area contributed by atoms with Crippen LogP contribution in [0.25, 0.3) is 0 Å². The van der Waals surface area contributed by atoms with Crippen LogP contribution in [0.4, 0.5) is 13.2 Å². The Morgan fingerprint density at radius 2 is 2.04 bits per heavy atom. The van der Waals surface area contributed by atoms with Crippen LogP contribution in [-0.4, -0.2) is 29.2 Å².